The minimum absolute atomic E-state index is 0.221. The summed E-state index contributed by atoms with van der Waals surface area (Å²) in [7, 11) is -3.21. The average molecular weight is 270 g/mol. The van der Waals surface area contributed by atoms with Crippen molar-refractivity contribution in [3.8, 4) is 0 Å². The van der Waals surface area contributed by atoms with E-state index in [1.54, 1.807) is 12.1 Å². The minimum Gasteiger partial charge on any atom is -0.325 e. The Hall–Kier alpha value is -1.40. The van der Waals surface area contributed by atoms with E-state index in [0.717, 1.165) is 12.7 Å². The Balaban J connectivity index is 2.73. The third-order valence-electron chi connectivity index (χ3n) is 2.49. The van der Waals surface area contributed by atoms with Crippen molar-refractivity contribution in [2.75, 3.05) is 11.6 Å². The number of anilines is 1. The van der Waals surface area contributed by atoms with Crippen molar-refractivity contribution < 1.29 is 13.2 Å². The molecule has 3 N–H and O–H groups in total. The van der Waals surface area contributed by atoms with Gasteiger partial charge >= 0.3 is 0 Å². The molecule has 0 bridgehead atoms. The van der Waals surface area contributed by atoms with Gasteiger partial charge in [-0.2, -0.15) is 0 Å². The number of amides is 1. The largest absolute Gasteiger partial charge is 0.325 e. The molecule has 100 valence electrons. The van der Waals surface area contributed by atoms with Crippen molar-refractivity contribution in [1.29, 1.82) is 0 Å². The first-order valence-corrected chi connectivity index (χ1v) is 7.60. The predicted molar refractivity (Wildman–Crippen MR) is 71.1 cm³/mol. The SMILES string of the molecule is CCCC(N)C(=O)Nc1ccc(S(C)(=O)=O)cc1. The number of nitrogens with two attached hydrogens (primary N) is 1. The fourth-order valence-electron chi connectivity index (χ4n) is 1.46. The van der Waals surface area contributed by atoms with Gasteiger partial charge in [0, 0.05) is 11.9 Å². The summed E-state index contributed by atoms with van der Waals surface area (Å²) in [6.45, 7) is 1.95. The van der Waals surface area contributed by atoms with Gasteiger partial charge in [0.1, 0.15) is 0 Å². The Morgan fingerprint density at radius 3 is 2.33 bits per heavy atom. The Morgan fingerprint density at radius 2 is 1.89 bits per heavy atom. The van der Waals surface area contributed by atoms with Gasteiger partial charge in [0.05, 0.1) is 10.9 Å². The normalized spacial score (nSPS) is 13.1. The number of hydrogen-bond acceptors (Lipinski definition) is 4. The van der Waals surface area contributed by atoms with E-state index in [4.69, 9.17) is 5.73 Å². The quantitative estimate of drug-likeness (QED) is 0.840. The Labute approximate surface area is 107 Å². The molecule has 1 rings (SSSR count). The second kappa shape index (κ2) is 5.97. The standard InChI is InChI=1S/C12H18N2O3S/c1-3-4-11(13)12(15)14-9-5-7-10(8-6-9)18(2,16)17/h5-8,11H,3-4,13H2,1-2H3,(H,14,15). The highest BCUT2D eigenvalue weighted by Crippen LogP contribution is 2.14. The molecule has 0 aliphatic carbocycles. The summed E-state index contributed by atoms with van der Waals surface area (Å²) < 4.78 is 22.5. The van der Waals surface area contributed by atoms with Gasteiger partial charge in [-0.15, -0.1) is 0 Å². The summed E-state index contributed by atoms with van der Waals surface area (Å²) in [6.07, 6.45) is 2.59. The van der Waals surface area contributed by atoms with Gasteiger partial charge in [0.2, 0.25) is 5.91 Å². The topological polar surface area (TPSA) is 89.3 Å². The van der Waals surface area contributed by atoms with E-state index in [1.165, 1.54) is 12.1 Å². The molecule has 0 spiro atoms. The number of rotatable bonds is 5. The van der Waals surface area contributed by atoms with Crippen LogP contribution in [0.25, 0.3) is 0 Å². The summed E-state index contributed by atoms with van der Waals surface area (Å²) in [4.78, 5) is 11.9. The minimum atomic E-state index is -3.21. The molecule has 0 aromatic heterocycles. The van der Waals surface area contributed by atoms with Crippen LogP contribution in [0.4, 0.5) is 5.69 Å². The zero-order valence-electron chi connectivity index (χ0n) is 10.5. The van der Waals surface area contributed by atoms with E-state index < -0.39 is 15.9 Å². The number of sulfone groups is 1. The van der Waals surface area contributed by atoms with E-state index in [9.17, 15) is 13.2 Å². The van der Waals surface area contributed by atoms with Crippen molar-refractivity contribution in [1.82, 2.24) is 0 Å². The molecule has 0 aliphatic heterocycles. The van der Waals surface area contributed by atoms with Crippen LogP contribution in [0, 0.1) is 0 Å². The lowest BCUT2D eigenvalue weighted by Crippen LogP contribution is -2.35. The molecule has 0 saturated heterocycles. The maximum Gasteiger partial charge on any atom is 0.241 e. The Bertz CT molecular complexity index is 509. The fraction of sp³-hybridized carbons (Fsp3) is 0.417. The highest BCUT2D eigenvalue weighted by molar-refractivity contribution is 7.90. The Kier molecular flexibility index (Phi) is 4.86. The van der Waals surface area contributed by atoms with Crippen LogP contribution in [0.2, 0.25) is 0 Å². The lowest BCUT2D eigenvalue weighted by Gasteiger charge is -2.11. The zero-order chi connectivity index (χ0) is 13.8. The first-order valence-electron chi connectivity index (χ1n) is 5.71. The van der Waals surface area contributed by atoms with E-state index in [1.807, 2.05) is 6.92 Å². The van der Waals surface area contributed by atoms with Crippen LogP contribution in [-0.4, -0.2) is 26.6 Å². The molecule has 1 aromatic rings. The summed E-state index contributed by atoms with van der Waals surface area (Å²) >= 11 is 0. The van der Waals surface area contributed by atoms with Crippen LogP contribution < -0.4 is 11.1 Å². The third kappa shape index (κ3) is 4.12. The molecule has 1 unspecified atom stereocenters. The van der Waals surface area contributed by atoms with Crippen molar-refractivity contribution in [2.45, 2.75) is 30.7 Å². The molecule has 5 nitrogen and oxygen atoms in total. The molecule has 0 fully saturated rings. The molecule has 0 aliphatic rings. The van der Waals surface area contributed by atoms with Crippen LogP contribution >= 0.6 is 0 Å². The molecule has 0 radical (unpaired) electrons. The van der Waals surface area contributed by atoms with Gasteiger partial charge in [-0.1, -0.05) is 13.3 Å². The van der Waals surface area contributed by atoms with Crippen LogP contribution in [0.3, 0.4) is 0 Å². The van der Waals surface area contributed by atoms with Crippen LogP contribution in [0.15, 0.2) is 29.2 Å². The molecular formula is C12H18N2O3S. The number of carbonyl (C=O) groups is 1. The third-order valence-corrected chi connectivity index (χ3v) is 3.61. The maximum atomic E-state index is 11.6. The Morgan fingerprint density at radius 1 is 1.33 bits per heavy atom. The lowest BCUT2D eigenvalue weighted by molar-refractivity contribution is -0.117. The summed E-state index contributed by atoms with van der Waals surface area (Å²) in [5.74, 6) is -0.260. The number of hydrogen-bond donors (Lipinski definition) is 2. The van der Waals surface area contributed by atoms with E-state index in [0.29, 0.717) is 12.1 Å². The van der Waals surface area contributed by atoms with E-state index in [-0.39, 0.29) is 10.8 Å². The molecule has 1 atom stereocenters. The number of benzene rings is 1. The molecule has 0 heterocycles. The molecule has 0 saturated carbocycles. The average Bonchev–Trinajstić information content (AvgIpc) is 2.28. The lowest BCUT2D eigenvalue weighted by atomic mass is 10.1. The van der Waals surface area contributed by atoms with Gasteiger partial charge in [-0.3, -0.25) is 4.79 Å². The number of carbonyl (C=O) groups excluding carboxylic acids is 1. The smallest absolute Gasteiger partial charge is 0.241 e. The van der Waals surface area contributed by atoms with Crippen LogP contribution in [-0.2, 0) is 14.6 Å². The van der Waals surface area contributed by atoms with Gasteiger partial charge < -0.3 is 11.1 Å². The summed E-state index contributed by atoms with van der Waals surface area (Å²) in [6, 6.07) is 5.47. The second-order valence-corrected chi connectivity index (χ2v) is 6.20. The van der Waals surface area contributed by atoms with Crippen molar-refractivity contribution in [3.05, 3.63) is 24.3 Å². The fourth-order valence-corrected chi connectivity index (χ4v) is 2.09. The van der Waals surface area contributed by atoms with Gasteiger partial charge in [0.15, 0.2) is 9.84 Å². The molecule has 6 heteroatoms. The zero-order valence-corrected chi connectivity index (χ0v) is 11.3. The van der Waals surface area contributed by atoms with Gasteiger partial charge in [-0.05, 0) is 30.7 Å². The number of nitrogens with one attached hydrogen (secondary N) is 1. The first-order chi connectivity index (χ1) is 8.34. The van der Waals surface area contributed by atoms with Gasteiger partial charge in [0.25, 0.3) is 0 Å². The van der Waals surface area contributed by atoms with Crippen molar-refractivity contribution in [2.24, 2.45) is 5.73 Å². The highest BCUT2D eigenvalue weighted by Gasteiger charge is 2.12. The summed E-state index contributed by atoms with van der Waals surface area (Å²) in [5.41, 5.74) is 6.21. The van der Waals surface area contributed by atoms with Crippen LogP contribution in [0.5, 0.6) is 0 Å². The van der Waals surface area contributed by atoms with Crippen molar-refractivity contribution >= 4 is 21.4 Å². The van der Waals surface area contributed by atoms with E-state index >= 15 is 0 Å². The monoisotopic (exact) mass is 270 g/mol. The molecular weight excluding hydrogens is 252 g/mol. The maximum absolute atomic E-state index is 11.6. The second-order valence-electron chi connectivity index (χ2n) is 4.18. The van der Waals surface area contributed by atoms with E-state index in [2.05, 4.69) is 5.32 Å². The molecule has 18 heavy (non-hydrogen) atoms. The predicted octanol–water partition coefficient (Wildman–Crippen LogP) is 1.16. The van der Waals surface area contributed by atoms with Crippen molar-refractivity contribution in [3.63, 3.8) is 0 Å². The van der Waals surface area contributed by atoms with Gasteiger partial charge in [-0.25, -0.2) is 8.42 Å². The van der Waals surface area contributed by atoms with Crippen LogP contribution in [0.1, 0.15) is 19.8 Å². The highest BCUT2D eigenvalue weighted by atomic mass is 32.2. The summed E-state index contributed by atoms with van der Waals surface area (Å²) in [5, 5.41) is 2.65. The molecule has 1 amide bonds. The first kappa shape index (κ1) is 14.7. The molecule has 1 aromatic carbocycles.